The molecule has 34 heavy (non-hydrogen) atoms. The van der Waals surface area contributed by atoms with Gasteiger partial charge >= 0.3 is 5.97 Å². The lowest BCUT2D eigenvalue weighted by atomic mass is 10.1. The summed E-state index contributed by atoms with van der Waals surface area (Å²) in [7, 11) is 0. The maximum absolute atomic E-state index is 12.9. The molecule has 3 amide bonds. The van der Waals surface area contributed by atoms with Crippen molar-refractivity contribution in [1.82, 2.24) is 31.2 Å². The standard InChI is InChI=1S/C20H33N9O5/c1-11(27-17(31)13-4-2-6-24-13)16(30)29-15(8-12-9-23-10-26-12)18(32)28-14(19(33)34)5-3-7-25-20(21)22/h9-11,13-15,24H,2-8H2,1H3,(H,23,26)(H,27,31)(H,28,32)(H,29,30)(H,33,34)(H4,21,22,25). The summed E-state index contributed by atoms with van der Waals surface area (Å²) in [5, 5.41) is 20.2. The molecule has 0 aliphatic carbocycles. The van der Waals surface area contributed by atoms with Crippen LogP contribution in [0.25, 0.3) is 0 Å². The molecule has 188 valence electrons. The molecule has 4 atom stereocenters. The fourth-order valence-electron chi connectivity index (χ4n) is 3.44. The monoisotopic (exact) mass is 479 g/mol. The predicted octanol–water partition coefficient (Wildman–Crippen LogP) is -2.68. The fraction of sp³-hybridized carbons (Fsp3) is 0.600. The number of aromatic nitrogens is 2. The lowest BCUT2D eigenvalue weighted by molar-refractivity contribution is -0.142. The first kappa shape index (κ1) is 26.6. The SMILES string of the molecule is CC(NC(=O)C1CCCN1)C(=O)NC(Cc1cnc[nH]1)C(=O)NC(CCCN=C(N)N)C(=O)O. The minimum absolute atomic E-state index is 0.0444. The van der Waals surface area contributed by atoms with E-state index in [1.165, 1.54) is 19.4 Å². The molecule has 0 bridgehead atoms. The summed E-state index contributed by atoms with van der Waals surface area (Å²) in [6.07, 6.45) is 4.93. The first-order valence-electron chi connectivity index (χ1n) is 11.1. The summed E-state index contributed by atoms with van der Waals surface area (Å²) < 4.78 is 0. The molecule has 1 fully saturated rings. The van der Waals surface area contributed by atoms with Crippen molar-refractivity contribution in [3.63, 3.8) is 0 Å². The Morgan fingerprint density at radius 1 is 1.21 bits per heavy atom. The van der Waals surface area contributed by atoms with Crippen LogP contribution in [0.2, 0.25) is 0 Å². The molecule has 4 unspecified atom stereocenters. The van der Waals surface area contributed by atoms with E-state index in [0.29, 0.717) is 18.5 Å². The van der Waals surface area contributed by atoms with Gasteiger partial charge < -0.3 is 42.8 Å². The van der Waals surface area contributed by atoms with Gasteiger partial charge in [-0.15, -0.1) is 0 Å². The van der Waals surface area contributed by atoms with E-state index in [-0.39, 0.29) is 37.3 Å². The maximum Gasteiger partial charge on any atom is 0.326 e. The number of aromatic amines is 1. The summed E-state index contributed by atoms with van der Waals surface area (Å²) in [5.74, 6) is -2.89. The number of amides is 3. The largest absolute Gasteiger partial charge is 0.480 e. The Labute approximate surface area is 196 Å². The average molecular weight is 480 g/mol. The van der Waals surface area contributed by atoms with E-state index < -0.39 is 35.9 Å². The molecule has 0 spiro atoms. The molecule has 14 nitrogen and oxygen atoms in total. The zero-order valence-corrected chi connectivity index (χ0v) is 19.0. The number of nitrogens with two attached hydrogens (primary N) is 2. The zero-order chi connectivity index (χ0) is 25.1. The first-order valence-corrected chi connectivity index (χ1v) is 11.1. The van der Waals surface area contributed by atoms with Crippen LogP contribution in [-0.4, -0.2) is 82.0 Å². The fourth-order valence-corrected chi connectivity index (χ4v) is 3.44. The Kier molecular flexibility index (Phi) is 10.3. The Balaban J connectivity index is 2.01. The molecule has 1 aliphatic rings. The van der Waals surface area contributed by atoms with Crippen LogP contribution in [0.4, 0.5) is 0 Å². The highest BCUT2D eigenvalue weighted by Gasteiger charge is 2.30. The number of guanidine groups is 1. The normalized spacial score (nSPS) is 17.7. The molecular weight excluding hydrogens is 446 g/mol. The number of aliphatic imine (C=N–C) groups is 1. The third-order valence-corrected chi connectivity index (χ3v) is 5.30. The number of hydrogen-bond donors (Lipinski definition) is 8. The van der Waals surface area contributed by atoms with Crippen molar-refractivity contribution < 1.29 is 24.3 Å². The van der Waals surface area contributed by atoms with Crippen molar-refractivity contribution >= 4 is 29.7 Å². The second kappa shape index (κ2) is 13.1. The molecule has 14 heteroatoms. The molecule has 1 aromatic heterocycles. The van der Waals surface area contributed by atoms with Crippen molar-refractivity contribution in [1.29, 1.82) is 0 Å². The van der Waals surface area contributed by atoms with Gasteiger partial charge in [-0.25, -0.2) is 9.78 Å². The van der Waals surface area contributed by atoms with Crippen molar-refractivity contribution in [2.75, 3.05) is 13.1 Å². The van der Waals surface area contributed by atoms with E-state index in [1.54, 1.807) is 0 Å². The minimum atomic E-state index is -1.23. The topological polar surface area (TPSA) is 230 Å². The van der Waals surface area contributed by atoms with Gasteiger partial charge in [0.1, 0.15) is 18.1 Å². The number of rotatable bonds is 13. The van der Waals surface area contributed by atoms with Crippen LogP contribution < -0.4 is 32.7 Å². The second-order valence-electron chi connectivity index (χ2n) is 8.07. The van der Waals surface area contributed by atoms with Gasteiger partial charge in [-0.2, -0.15) is 0 Å². The van der Waals surface area contributed by atoms with Crippen LogP contribution in [0.15, 0.2) is 17.5 Å². The van der Waals surface area contributed by atoms with Crippen molar-refractivity contribution in [2.45, 2.75) is 63.2 Å². The van der Waals surface area contributed by atoms with Crippen LogP contribution in [-0.2, 0) is 25.6 Å². The summed E-state index contributed by atoms with van der Waals surface area (Å²) >= 11 is 0. The number of carboxylic acids is 1. The molecule has 1 aliphatic heterocycles. The number of hydrogen-bond acceptors (Lipinski definition) is 7. The number of H-pyrrole nitrogens is 1. The molecule has 2 rings (SSSR count). The van der Waals surface area contributed by atoms with E-state index in [4.69, 9.17) is 11.5 Å². The summed E-state index contributed by atoms with van der Waals surface area (Å²) in [6, 6.07) is -3.55. The van der Waals surface area contributed by atoms with Gasteiger partial charge in [0.05, 0.1) is 12.4 Å². The van der Waals surface area contributed by atoms with Gasteiger partial charge in [0.2, 0.25) is 17.7 Å². The lowest BCUT2D eigenvalue weighted by Gasteiger charge is -2.23. The molecule has 1 aromatic rings. The number of nitrogens with zero attached hydrogens (tertiary/aromatic N) is 2. The van der Waals surface area contributed by atoms with E-state index in [0.717, 1.165) is 13.0 Å². The third-order valence-electron chi connectivity index (χ3n) is 5.30. The molecule has 0 aromatic carbocycles. The molecule has 1 saturated heterocycles. The zero-order valence-electron chi connectivity index (χ0n) is 19.0. The quantitative estimate of drug-likeness (QED) is 0.0835. The highest BCUT2D eigenvalue weighted by Crippen LogP contribution is 2.06. The summed E-state index contributed by atoms with van der Waals surface area (Å²) in [5.41, 5.74) is 11.1. The van der Waals surface area contributed by atoms with Crippen LogP contribution >= 0.6 is 0 Å². The number of carboxylic acid groups (broad SMARTS) is 1. The summed E-state index contributed by atoms with van der Waals surface area (Å²) in [6.45, 7) is 2.46. The van der Waals surface area contributed by atoms with Gasteiger partial charge in [-0.05, 0) is 39.2 Å². The van der Waals surface area contributed by atoms with Crippen LogP contribution in [0.1, 0.15) is 38.3 Å². The van der Waals surface area contributed by atoms with E-state index >= 15 is 0 Å². The van der Waals surface area contributed by atoms with Gasteiger partial charge in [0.15, 0.2) is 5.96 Å². The highest BCUT2D eigenvalue weighted by molar-refractivity contribution is 5.94. The predicted molar refractivity (Wildman–Crippen MR) is 122 cm³/mol. The van der Waals surface area contributed by atoms with Crippen molar-refractivity contribution in [3.05, 3.63) is 18.2 Å². The van der Waals surface area contributed by atoms with Gasteiger partial charge in [-0.3, -0.25) is 19.4 Å². The van der Waals surface area contributed by atoms with Crippen LogP contribution in [0.5, 0.6) is 0 Å². The van der Waals surface area contributed by atoms with E-state index in [2.05, 4.69) is 36.2 Å². The number of nitrogens with one attached hydrogen (secondary N) is 5. The van der Waals surface area contributed by atoms with Gasteiger partial charge in [-0.1, -0.05) is 0 Å². The van der Waals surface area contributed by atoms with Gasteiger partial charge in [0.25, 0.3) is 0 Å². The molecule has 10 N–H and O–H groups in total. The Morgan fingerprint density at radius 2 is 1.94 bits per heavy atom. The summed E-state index contributed by atoms with van der Waals surface area (Å²) in [4.78, 5) is 60.1. The maximum atomic E-state index is 12.9. The first-order chi connectivity index (χ1) is 16.2. The Morgan fingerprint density at radius 3 is 2.53 bits per heavy atom. The smallest absolute Gasteiger partial charge is 0.326 e. The van der Waals surface area contributed by atoms with Crippen molar-refractivity contribution in [2.24, 2.45) is 16.5 Å². The Bertz CT molecular complexity index is 864. The lowest BCUT2D eigenvalue weighted by Crippen LogP contribution is -2.56. The highest BCUT2D eigenvalue weighted by atomic mass is 16.4. The molecule has 0 saturated carbocycles. The number of carbonyl (C=O) groups excluding carboxylic acids is 3. The van der Waals surface area contributed by atoms with Crippen molar-refractivity contribution in [3.8, 4) is 0 Å². The molecule has 2 heterocycles. The number of carbonyl (C=O) groups is 4. The van der Waals surface area contributed by atoms with E-state index in [9.17, 15) is 24.3 Å². The Hall–Kier alpha value is -3.68. The number of aliphatic carboxylic acids is 1. The number of imidazole rings is 1. The molecular formula is C20H33N9O5. The molecule has 0 radical (unpaired) electrons. The van der Waals surface area contributed by atoms with Crippen LogP contribution in [0.3, 0.4) is 0 Å². The average Bonchev–Trinajstić information content (AvgIpc) is 3.49. The van der Waals surface area contributed by atoms with Crippen LogP contribution in [0, 0.1) is 0 Å². The minimum Gasteiger partial charge on any atom is -0.480 e. The second-order valence-corrected chi connectivity index (χ2v) is 8.07. The van der Waals surface area contributed by atoms with Gasteiger partial charge in [0, 0.05) is 24.9 Å². The van der Waals surface area contributed by atoms with E-state index in [1.807, 2.05) is 0 Å². The third kappa shape index (κ3) is 8.69.